The molecule has 2 nitrogen and oxygen atoms in total. The second kappa shape index (κ2) is 9.85. The van der Waals surface area contributed by atoms with Gasteiger partial charge in [-0.05, 0) is 0 Å². The van der Waals surface area contributed by atoms with Gasteiger partial charge in [0.25, 0.3) is 0 Å². The van der Waals surface area contributed by atoms with Gasteiger partial charge in [-0.1, -0.05) is 6.92 Å². The summed E-state index contributed by atoms with van der Waals surface area (Å²) in [5.41, 5.74) is 0. The van der Waals surface area contributed by atoms with Gasteiger partial charge in [0.05, 0.1) is 6.07 Å². The third kappa shape index (κ3) is 35.8. The summed E-state index contributed by atoms with van der Waals surface area (Å²) in [7, 11) is 0. The van der Waals surface area contributed by atoms with E-state index < -0.39 is 0 Å². The number of hydrogen-bond acceptors (Lipinski definition) is 2. The number of nitriles is 1. The standard InChI is InChI=1S/C3H5N.H3N/c1-2-3-4;/h2H2,1H3;1H3. The molecule has 0 aliphatic heterocycles. The summed E-state index contributed by atoms with van der Waals surface area (Å²) in [5, 5.41) is 7.62. The number of hydrogen-bond donors (Lipinski definition) is 1. The van der Waals surface area contributed by atoms with Crippen LogP contribution in [0.15, 0.2) is 0 Å². The summed E-state index contributed by atoms with van der Waals surface area (Å²) in [5.74, 6) is 0. The van der Waals surface area contributed by atoms with Crippen molar-refractivity contribution in [3.05, 3.63) is 0 Å². The van der Waals surface area contributed by atoms with Crippen molar-refractivity contribution in [3.8, 4) is 6.07 Å². The molecule has 0 bridgehead atoms. The normalized spacial score (nSPS) is 4.00. The fraction of sp³-hybridized carbons (Fsp3) is 0.667. The van der Waals surface area contributed by atoms with E-state index in [0.29, 0.717) is 6.42 Å². The summed E-state index contributed by atoms with van der Waals surface area (Å²) >= 11 is 0. The molecule has 0 aliphatic carbocycles. The summed E-state index contributed by atoms with van der Waals surface area (Å²) in [6, 6.07) is 1.93. The smallest absolute Gasteiger partial charge is 0.0618 e. The molecule has 0 aromatic heterocycles. The Bertz CT molecular complexity index is 34.6. The summed E-state index contributed by atoms with van der Waals surface area (Å²) in [6.07, 6.45) is 0.625. The Balaban J connectivity index is 0. The zero-order valence-electron chi connectivity index (χ0n) is 3.36. The Morgan fingerprint density at radius 1 is 1.80 bits per heavy atom. The van der Waals surface area contributed by atoms with Crippen molar-refractivity contribution in [2.75, 3.05) is 0 Å². The molecule has 30 valence electrons. The predicted molar refractivity (Wildman–Crippen MR) is 20.9 cm³/mol. The molecule has 3 N–H and O–H groups in total. The summed E-state index contributed by atoms with van der Waals surface area (Å²) in [4.78, 5) is 0. The Morgan fingerprint density at radius 2 is 2.00 bits per heavy atom. The first-order valence-electron chi connectivity index (χ1n) is 1.28. The first-order chi connectivity index (χ1) is 1.91. The minimum Gasteiger partial charge on any atom is -0.344 e. The monoisotopic (exact) mass is 72.1 g/mol. The minimum absolute atomic E-state index is 0. The fourth-order valence-corrected chi connectivity index (χ4v) is 0. The van der Waals surface area contributed by atoms with E-state index in [4.69, 9.17) is 5.26 Å². The highest BCUT2D eigenvalue weighted by atomic mass is 14.2. The average Bonchev–Trinajstić information content (AvgIpc) is 1.37. The van der Waals surface area contributed by atoms with Crippen molar-refractivity contribution >= 4 is 0 Å². The van der Waals surface area contributed by atoms with Crippen LogP contribution >= 0.6 is 0 Å². The van der Waals surface area contributed by atoms with Crippen molar-refractivity contribution in [2.45, 2.75) is 13.3 Å². The molecular formula is C3H8N2. The molecule has 0 unspecified atom stereocenters. The van der Waals surface area contributed by atoms with E-state index >= 15 is 0 Å². The highest BCUT2D eigenvalue weighted by Crippen LogP contribution is 1.58. The second-order valence-corrected chi connectivity index (χ2v) is 0.512. The van der Waals surface area contributed by atoms with Crippen molar-refractivity contribution in [3.63, 3.8) is 0 Å². The first-order valence-corrected chi connectivity index (χ1v) is 1.28. The molecule has 0 fully saturated rings. The van der Waals surface area contributed by atoms with E-state index in [-0.39, 0.29) is 6.15 Å². The van der Waals surface area contributed by atoms with Gasteiger partial charge in [-0.15, -0.1) is 0 Å². The van der Waals surface area contributed by atoms with Gasteiger partial charge in [0.1, 0.15) is 0 Å². The van der Waals surface area contributed by atoms with E-state index in [9.17, 15) is 0 Å². The van der Waals surface area contributed by atoms with Crippen LogP contribution in [-0.4, -0.2) is 0 Å². The second-order valence-electron chi connectivity index (χ2n) is 0.512. The Kier molecular flexibility index (Phi) is 17.4. The molecular weight excluding hydrogens is 64.0 g/mol. The van der Waals surface area contributed by atoms with E-state index in [0.717, 1.165) is 0 Å². The van der Waals surface area contributed by atoms with Gasteiger partial charge in [0, 0.05) is 6.42 Å². The Labute approximate surface area is 32.0 Å². The molecule has 0 spiro atoms. The number of rotatable bonds is 0. The molecule has 0 heterocycles. The van der Waals surface area contributed by atoms with Crippen LogP contribution in [0.25, 0.3) is 0 Å². The molecule has 0 aromatic rings. The fourth-order valence-electron chi connectivity index (χ4n) is 0. The minimum atomic E-state index is 0. The maximum Gasteiger partial charge on any atom is 0.0618 e. The van der Waals surface area contributed by atoms with Crippen LogP contribution in [0.2, 0.25) is 0 Å². The Morgan fingerprint density at radius 3 is 2.00 bits per heavy atom. The van der Waals surface area contributed by atoms with Gasteiger partial charge >= 0.3 is 0 Å². The molecule has 0 aliphatic rings. The SMILES string of the molecule is CCC#N.N. The van der Waals surface area contributed by atoms with Crippen LogP contribution < -0.4 is 6.15 Å². The molecule has 0 rings (SSSR count). The maximum atomic E-state index is 7.62. The number of nitrogens with zero attached hydrogens (tertiary/aromatic N) is 1. The zero-order chi connectivity index (χ0) is 3.41. The molecule has 0 atom stereocenters. The molecule has 0 amide bonds. The quantitative estimate of drug-likeness (QED) is 0.465. The van der Waals surface area contributed by atoms with Crippen LogP contribution in [0.5, 0.6) is 0 Å². The van der Waals surface area contributed by atoms with Crippen LogP contribution in [-0.2, 0) is 0 Å². The van der Waals surface area contributed by atoms with Gasteiger partial charge in [0.15, 0.2) is 0 Å². The molecule has 5 heavy (non-hydrogen) atoms. The van der Waals surface area contributed by atoms with Gasteiger partial charge in [0.2, 0.25) is 0 Å². The van der Waals surface area contributed by atoms with E-state index in [2.05, 4.69) is 0 Å². The zero-order valence-corrected chi connectivity index (χ0v) is 3.36. The van der Waals surface area contributed by atoms with Gasteiger partial charge < -0.3 is 6.15 Å². The van der Waals surface area contributed by atoms with Crippen molar-refractivity contribution < 1.29 is 0 Å². The molecule has 0 saturated heterocycles. The lowest BCUT2D eigenvalue weighted by molar-refractivity contribution is 1.22. The van der Waals surface area contributed by atoms with Crippen molar-refractivity contribution in [1.29, 1.82) is 5.26 Å². The molecule has 0 saturated carbocycles. The third-order valence-electron chi connectivity index (χ3n) is 0.158. The highest BCUT2D eigenvalue weighted by Gasteiger charge is 1.49. The van der Waals surface area contributed by atoms with Crippen molar-refractivity contribution in [2.24, 2.45) is 0 Å². The summed E-state index contributed by atoms with van der Waals surface area (Å²) in [6.45, 7) is 1.82. The summed E-state index contributed by atoms with van der Waals surface area (Å²) < 4.78 is 0. The maximum absolute atomic E-state index is 7.62. The lowest BCUT2D eigenvalue weighted by Crippen LogP contribution is -1.38. The van der Waals surface area contributed by atoms with E-state index in [1.165, 1.54) is 0 Å². The van der Waals surface area contributed by atoms with Gasteiger partial charge in [-0.3, -0.25) is 0 Å². The third-order valence-corrected chi connectivity index (χ3v) is 0.158. The van der Waals surface area contributed by atoms with Crippen LogP contribution in [0, 0.1) is 11.3 Å². The van der Waals surface area contributed by atoms with Crippen LogP contribution in [0.1, 0.15) is 13.3 Å². The lowest BCUT2D eigenvalue weighted by atomic mass is 10.6. The van der Waals surface area contributed by atoms with Gasteiger partial charge in [-0.25, -0.2) is 0 Å². The lowest BCUT2D eigenvalue weighted by Gasteiger charge is -1.47. The van der Waals surface area contributed by atoms with E-state index in [1.54, 1.807) is 0 Å². The molecule has 0 aromatic carbocycles. The Hall–Kier alpha value is -0.550. The molecule has 2 heteroatoms. The highest BCUT2D eigenvalue weighted by molar-refractivity contribution is 4.61. The van der Waals surface area contributed by atoms with Crippen molar-refractivity contribution in [1.82, 2.24) is 6.15 Å². The average molecular weight is 72.1 g/mol. The van der Waals surface area contributed by atoms with Crippen LogP contribution in [0.3, 0.4) is 0 Å². The molecule has 0 radical (unpaired) electrons. The van der Waals surface area contributed by atoms with E-state index in [1.807, 2.05) is 13.0 Å². The predicted octanol–water partition coefficient (Wildman–Crippen LogP) is 1.08. The largest absolute Gasteiger partial charge is 0.344 e. The van der Waals surface area contributed by atoms with Crippen LogP contribution in [0.4, 0.5) is 0 Å². The topological polar surface area (TPSA) is 58.8 Å². The van der Waals surface area contributed by atoms with Gasteiger partial charge in [-0.2, -0.15) is 5.26 Å². The first kappa shape index (κ1) is 8.82.